The van der Waals surface area contributed by atoms with Gasteiger partial charge in [-0.2, -0.15) is 0 Å². The van der Waals surface area contributed by atoms with Crippen LogP contribution in [0.25, 0.3) is 0 Å². The highest BCUT2D eigenvalue weighted by Crippen LogP contribution is 2.18. The zero-order valence-corrected chi connectivity index (χ0v) is 11.8. The van der Waals surface area contributed by atoms with Gasteiger partial charge in [0.1, 0.15) is 5.82 Å². The Kier molecular flexibility index (Phi) is 9.48. The Bertz CT molecular complexity index is 402. The Labute approximate surface area is 102 Å². The third-order valence-electron chi connectivity index (χ3n) is 1.32. The van der Waals surface area contributed by atoms with Crippen LogP contribution in [0.5, 0.6) is 0 Å². The molecule has 0 amide bonds. The molecule has 1 aromatic rings. The maximum Gasteiger partial charge on any atom is 0.175 e. The highest BCUT2D eigenvalue weighted by Gasteiger charge is 2.09. The molecule has 0 bridgehead atoms. The Balaban J connectivity index is 0. The van der Waals surface area contributed by atoms with Crippen molar-refractivity contribution in [2.45, 2.75) is 32.6 Å². The van der Waals surface area contributed by atoms with Gasteiger partial charge in [-0.15, -0.1) is 0 Å². The predicted octanol–water partition coefficient (Wildman–Crippen LogP) is 3.94. The number of sulfone groups is 1. The van der Waals surface area contributed by atoms with E-state index in [0.29, 0.717) is 0 Å². The molecule has 1 aromatic carbocycles. The van der Waals surface area contributed by atoms with Crippen LogP contribution in [0.3, 0.4) is 0 Å². The van der Waals surface area contributed by atoms with Crippen LogP contribution in [-0.2, 0) is 9.84 Å². The Hall–Kier alpha value is -0.610. The largest absolute Gasteiger partial charge is 0.224 e. The van der Waals surface area contributed by atoms with Crippen molar-refractivity contribution in [1.82, 2.24) is 0 Å². The molecule has 0 fully saturated rings. The van der Waals surface area contributed by atoms with E-state index in [4.69, 9.17) is 11.6 Å². The van der Waals surface area contributed by atoms with Gasteiger partial charge in [0.05, 0.1) is 9.92 Å². The molecule has 94 valence electrons. The summed E-state index contributed by atoms with van der Waals surface area (Å²) in [7, 11) is -3.29. The van der Waals surface area contributed by atoms with E-state index in [0.717, 1.165) is 18.4 Å². The minimum absolute atomic E-state index is 0.0221. The fourth-order valence-electron chi connectivity index (χ4n) is 0.707. The number of halogens is 2. The average molecular weight is 269 g/mol. The normalized spacial score (nSPS) is 9.44. The molecule has 1 rings (SSSR count). The first-order valence-electron chi connectivity index (χ1n) is 5.06. The van der Waals surface area contributed by atoms with E-state index in [-0.39, 0.29) is 9.92 Å². The van der Waals surface area contributed by atoms with E-state index >= 15 is 0 Å². The van der Waals surface area contributed by atoms with E-state index in [1.54, 1.807) is 0 Å². The molecule has 0 N–H and O–H groups in total. The molecule has 0 heterocycles. The lowest BCUT2D eigenvalue weighted by atomic mass is 10.3. The molecule has 0 saturated carbocycles. The molecule has 0 aromatic heterocycles. The summed E-state index contributed by atoms with van der Waals surface area (Å²) in [5.41, 5.74) is 0. The summed E-state index contributed by atoms with van der Waals surface area (Å²) in [6.45, 7) is 8.00. The van der Waals surface area contributed by atoms with E-state index < -0.39 is 15.7 Å². The van der Waals surface area contributed by atoms with Crippen LogP contribution in [-0.4, -0.2) is 14.7 Å². The highest BCUT2D eigenvalue weighted by atomic mass is 35.5. The quantitative estimate of drug-likeness (QED) is 0.723. The second-order valence-electron chi connectivity index (χ2n) is 2.35. The van der Waals surface area contributed by atoms with Gasteiger partial charge in [0.2, 0.25) is 0 Å². The summed E-state index contributed by atoms with van der Waals surface area (Å²) in [5.74, 6) is -0.621. The summed E-state index contributed by atoms with van der Waals surface area (Å²) in [6.07, 6.45) is 1.04. The third-order valence-corrected chi connectivity index (χ3v) is 2.72. The smallest absolute Gasteiger partial charge is 0.175 e. The van der Waals surface area contributed by atoms with Crippen molar-refractivity contribution in [3.63, 3.8) is 0 Å². The molecule has 2 nitrogen and oxygen atoms in total. The summed E-state index contributed by atoms with van der Waals surface area (Å²) in [4.78, 5) is 0.0221. The van der Waals surface area contributed by atoms with Gasteiger partial charge in [0.25, 0.3) is 0 Å². The minimum Gasteiger partial charge on any atom is -0.224 e. The maximum atomic E-state index is 12.6. The number of benzene rings is 1. The van der Waals surface area contributed by atoms with Gasteiger partial charge >= 0.3 is 0 Å². The third kappa shape index (κ3) is 6.08. The average Bonchev–Trinajstić information content (AvgIpc) is 2.26. The molecule has 0 spiro atoms. The van der Waals surface area contributed by atoms with Crippen molar-refractivity contribution in [3.05, 3.63) is 29.0 Å². The fourth-order valence-corrected chi connectivity index (χ4v) is 1.60. The molecule has 0 atom stereocenters. The zero-order valence-electron chi connectivity index (χ0n) is 10.2. The first-order valence-corrected chi connectivity index (χ1v) is 7.33. The SMILES string of the molecule is CC.CC.CS(=O)(=O)c1ccc(F)c(Cl)c1. The Morgan fingerprint density at radius 2 is 1.56 bits per heavy atom. The van der Waals surface area contributed by atoms with E-state index in [9.17, 15) is 12.8 Å². The lowest BCUT2D eigenvalue weighted by molar-refractivity contribution is 0.600. The molecular formula is C11H18ClFO2S. The standard InChI is InChI=1S/C7H6ClFO2S.2C2H6/c1-12(10,11)5-2-3-7(9)6(8)4-5;2*1-2/h2-4H,1H3;2*1-2H3. The van der Waals surface area contributed by atoms with Gasteiger partial charge in [-0.25, -0.2) is 12.8 Å². The maximum absolute atomic E-state index is 12.6. The van der Waals surface area contributed by atoms with Crippen LogP contribution in [0.2, 0.25) is 5.02 Å². The van der Waals surface area contributed by atoms with Crippen LogP contribution in [0.15, 0.2) is 23.1 Å². The Morgan fingerprint density at radius 1 is 1.12 bits per heavy atom. The van der Waals surface area contributed by atoms with Crippen molar-refractivity contribution in [2.75, 3.05) is 6.26 Å². The molecule has 0 saturated heterocycles. The van der Waals surface area contributed by atoms with Gasteiger partial charge in [0, 0.05) is 6.26 Å². The van der Waals surface area contributed by atoms with Gasteiger partial charge < -0.3 is 0 Å². The molecule has 0 aliphatic rings. The second-order valence-corrected chi connectivity index (χ2v) is 4.77. The number of hydrogen-bond donors (Lipinski definition) is 0. The summed E-state index contributed by atoms with van der Waals surface area (Å²) < 4.78 is 34.4. The second kappa shape index (κ2) is 8.53. The monoisotopic (exact) mass is 268 g/mol. The lowest BCUT2D eigenvalue weighted by Crippen LogP contribution is -1.96. The fraction of sp³-hybridized carbons (Fsp3) is 0.455. The van der Waals surface area contributed by atoms with Crippen molar-refractivity contribution >= 4 is 21.4 Å². The molecule has 0 aliphatic carbocycles. The van der Waals surface area contributed by atoms with Crippen LogP contribution < -0.4 is 0 Å². The minimum atomic E-state index is -3.29. The summed E-state index contributed by atoms with van der Waals surface area (Å²) in [5, 5.41) is -0.182. The van der Waals surface area contributed by atoms with Gasteiger partial charge in [-0.3, -0.25) is 0 Å². The summed E-state index contributed by atoms with van der Waals surface area (Å²) in [6, 6.07) is 3.29. The van der Waals surface area contributed by atoms with Gasteiger partial charge in [-0.05, 0) is 18.2 Å². The van der Waals surface area contributed by atoms with E-state index in [1.807, 2.05) is 27.7 Å². The number of rotatable bonds is 1. The van der Waals surface area contributed by atoms with E-state index in [1.165, 1.54) is 6.07 Å². The number of hydrogen-bond acceptors (Lipinski definition) is 2. The summed E-state index contributed by atoms with van der Waals surface area (Å²) >= 11 is 5.38. The topological polar surface area (TPSA) is 34.1 Å². The zero-order chi connectivity index (χ0) is 13.4. The lowest BCUT2D eigenvalue weighted by Gasteiger charge is -1.98. The molecule has 0 unspecified atom stereocenters. The van der Waals surface area contributed by atoms with Gasteiger partial charge in [0.15, 0.2) is 9.84 Å². The molecule has 5 heteroatoms. The van der Waals surface area contributed by atoms with Crippen LogP contribution in [0.4, 0.5) is 4.39 Å². The molecule has 0 aliphatic heterocycles. The van der Waals surface area contributed by atoms with Gasteiger partial charge in [-0.1, -0.05) is 39.3 Å². The van der Waals surface area contributed by atoms with Crippen LogP contribution in [0.1, 0.15) is 27.7 Å². The molecule has 16 heavy (non-hydrogen) atoms. The Morgan fingerprint density at radius 3 is 1.88 bits per heavy atom. The van der Waals surface area contributed by atoms with E-state index in [2.05, 4.69) is 0 Å². The van der Waals surface area contributed by atoms with Crippen molar-refractivity contribution in [2.24, 2.45) is 0 Å². The van der Waals surface area contributed by atoms with Crippen molar-refractivity contribution < 1.29 is 12.8 Å². The first kappa shape index (κ1) is 17.8. The molecule has 0 radical (unpaired) electrons. The van der Waals surface area contributed by atoms with Crippen LogP contribution >= 0.6 is 11.6 Å². The predicted molar refractivity (Wildman–Crippen MR) is 67.2 cm³/mol. The van der Waals surface area contributed by atoms with Crippen LogP contribution in [0, 0.1) is 5.82 Å². The molecular weight excluding hydrogens is 251 g/mol. The van der Waals surface area contributed by atoms with Crippen molar-refractivity contribution in [3.8, 4) is 0 Å². The van der Waals surface area contributed by atoms with Crippen molar-refractivity contribution in [1.29, 1.82) is 0 Å². The first-order chi connectivity index (χ1) is 7.41. The highest BCUT2D eigenvalue weighted by molar-refractivity contribution is 7.90.